The van der Waals surface area contributed by atoms with Crippen molar-refractivity contribution in [2.45, 2.75) is 0 Å². The third-order valence-electron chi connectivity index (χ3n) is 1.94. The van der Waals surface area contributed by atoms with Gasteiger partial charge in [0.1, 0.15) is 5.69 Å². The third kappa shape index (κ3) is 1.87. The van der Waals surface area contributed by atoms with E-state index in [9.17, 15) is 0 Å². The molecule has 1 heterocycles. The van der Waals surface area contributed by atoms with E-state index in [4.69, 9.17) is 34.7 Å². The molecule has 1 aromatic carbocycles. The summed E-state index contributed by atoms with van der Waals surface area (Å²) in [6, 6.07) is 5.13. The monoisotopic (exact) mass is 263 g/mol. The average molecular weight is 264 g/mol. The van der Waals surface area contributed by atoms with Crippen molar-refractivity contribution in [3.63, 3.8) is 0 Å². The van der Waals surface area contributed by atoms with E-state index in [1.807, 2.05) is 0 Å². The summed E-state index contributed by atoms with van der Waals surface area (Å²) in [4.78, 5) is 3.80. The molecule has 0 aliphatic heterocycles. The number of anilines is 2. The number of nitrogen functional groups attached to an aromatic ring is 2. The van der Waals surface area contributed by atoms with Gasteiger partial charge >= 0.3 is 0 Å². The van der Waals surface area contributed by atoms with Crippen LogP contribution in [-0.2, 0) is 0 Å². The van der Waals surface area contributed by atoms with Crippen molar-refractivity contribution < 1.29 is 0 Å². The normalized spacial score (nSPS) is 10.4. The fourth-order valence-corrected chi connectivity index (χ4v) is 1.62. The molecule has 7 heteroatoms. The first-order valence-corrected chi connectivity index (χ1v) is 5.05. The second kappa shape index (κ2) is 4.11. The molecule has 1 aromatic heterocycles. The molecular formula is C9H7Cl2N5. The summed E-state index contributed by atoms with van der Waals surface area (Å²) >= 11 is 11.9. The summed E-state index contributed by atoms with van der Waals surface area (Å²) in [5.74, 6) is 0.177. The largest absolute Gasteiger partial charge is 0.382 e. The van der Waals surface area contributed by atoms with Crippen LogP contribution in [0.2, 0.25) is 10.0 Å². The van der Waals surface area contributed by atoms with Gasteiger partial charge in [0.25, 0.3) is 0 Å². The molecule has 82 valence electrons. The molecular weight excluding hydrogens is 257 g/mol. The van der Waals surface area contributed by atoms with E-state index in [-0.39, 0.29) is 11.8 Å². The molecule has 0 radical (unpaired) electrons. The van der Waals surface area contributed by atoms with Gasteiger partial charge in [-0.3, -0.25) is 0 Å². The number of benzene rings is 1. The highest BCUT2D eigenvalue weighted by atomic mass is 35.5. The molecule has 5 nitrogen and oxygen atoms in total. The van der Waals surface area contributed by atoms with Crippen molar-refractivity contribution >= 4 is 35.0 Å². The van der Waals surface area contributed by atoms with Gasteiger partial charge in [0.2, 0.25) is 5.95 Å². The van der Waals surface area contributed by atoms with E-state index < -0.39 is 0 Å². The fourth-order valence-electron chi connectivity index (χ4n) is 1.23. The van der Waals surface area contributed by atoms with Gasteiger partial charge in [0.05, 0.1) is 10.0 Å². The molecule has 0 unspecified atom stereocenters. The Kier molecular flexibility index (Phi) is 2.80. The van der Waals surface area contributed by atoms with Gasteiger partial charge in [-0.25, -0.2) is 0 Å². The van der Waals surface area contributed by atoms with E-state index >= 15 is 0 Å². The third-order valence-corrected chi connectivity index (χ3v) is 2.76. The lowest BCUT2D eigenvalue weighted by Gasteiger charge is -2.06. The predicted octanol–water partition coefficient (Wildman–Crippen LogP) is 2.01. The van der Waals surface area contributed by atoms with Crippen LogP contribution in [0.5, 0.6) is 0 Å². The second-order valence-electron chi connectivity index (χ2n) is 3.01. The Morgan fingerprint density at radius 2 is 1.81 bits per heavy atom. The van der Waals surface area contributed by atoms with E-state index in [0.717, 1.165) is 0 Å². The van der Waals surface area contributed by atoms with Gasteiger partial charge in [-0.05, 0) is 6.07 Å². The molecule has 2 aromatic rings. The van der Waals surface area contributed by atoms with E-state index in [2.05, 4.69) is 15.2 Å². The molecule has 4 N–H and O–H groups in total. The van der Waals surface area contributed by atoms with Gasteiger partial charge < -0.3 is 11.5 Å². The molecule has 2 rings (SSSR count). The van der Waals surface area contributed by atoms with E-state index in [1.54, 1.807) is 18.2 Å². The lowest BCUT2D eigenvalue weighted by atomic mass is 10.7. The molecule has 0 saturated carbocycles. The van der Waals surface area contributed by atoms with Crippen molar-refractivity contribution in [2.75, 3.05) is 11.5 Å². The highest BCUT2D eigenvalue weighted by Crippen LogP contribution is 2.33. The van der Waals surface area contributed by atoms with Gasteiger partial charge in [-0.1, -0.05) is 35.3 Å². The van der Waals surface area contributed by atoms with Crippen LogP contribution in [-0.4, -0.2) is 15.2 Å². The Bertz CT molecular complexity index is 543. The zero-order valence-corrected chi connectivity index (χ0v) is 9.50. The van der Waals surface area contributed by atoms with Crippen LogP contribution in [0.4, 0.5) is 11.8 Å². The standard InChI is InChI=1S/C9H7Cl2N5/c10-5-3-1-2-4(6(5)11)7-8(12)14-9(13)16-15-7/h1-3H,(H4,12,13,14,16)/i1+1,2+1,3+1,4+1,5+1,6+1,8+1,12+1. The minimum atomic E-state index is 0.0133. The average Bonchev–Trinajstić information content (AvgIpc) is 2.23. The molecule has 16 heavy (non-hydrogen) atoms. The van der Waals surface area contributed by atoms with Crippen LogP contribution < -0.4 is 11.5 Å². The van der Waals surface area contributed by atoms with Gasteiger partial charge in [0, 0.05) is 5.56 Å². The SMILES string of the molecule is Nc1nnc(-[13c]2[13cH][13cH][13cH][13c](Cl)[13c]2Cl)[13c]([15NH2])n1. The van der Waals surface area contributed by atoms with Crippen molar-refractivity contribution in [1.29, 1.82) is 0 Å². The van der Waals surface area contributed by atoms with Crippen molar-refractivity contribution in [2.24, 2.45) is 0 Å². The molecule has 0 amide bonds. The summed E-state index contributed by atoms with van der Waals surface area (Å²) in [7, 11) is 0. The summed E-state index contributed by atoms with van der Waals surface area (Å²) in [5.41, 5.74) is 12.0. The Hall–Kier alpha value is -1.59. The fraction of sp³-hybridized carbons (Fsp3) is 0. The maximum atomic E-state index is 6.03. The van der Waals surface area contributed by atoms with Crippen molar-refractivity contribution in [3.05, 3.63) is 28.2 Å². The van der Waals surface area contributed by atoms with Crippen LogP contribution in [0.15, 0.2) is 18.2 Å². The van der Waals surface area contributed by atoms with Gasteiger partial charge in [-0.15, -0.1) is 10.2 Å². The Morgan fingerprint density at radius 3 is 2.50 bits per heavy atom. The molecule has 0 aliphatic rings. The van der Waals surface area contributed by atoms with Gasteiger partial charge in [-0.2, -0.15) is 4.98 Å². The second-order valence-corrected chi connectivity index (χ2v) is 3.79. The van der Waals surface area contributed by atoms with Gasteiger partial charge in [0.15, 0.2) is 5.82 Å². The zero-order valence-electron chi connectivity index (χ0n) is 7.98. The lowest BCUT2D eigenvalue weighted by Crippen LogP contribution is -2.04. The van der Waals surface area contributed by atoms with Crippen LogP contribution >= 0.6 is 23.2 Å². The number of hydrogen-bond acceptors (Lipinski definition) is 5. The molecule has 0 bridgehead atoms. The van der Waals surface area contributed by atoms with Crippen LogP contribution in [0, 0.1) is 0 Å². The maximum absolute atomic E-state index is 6.03. The number of aromatic nitrogens is 3. The Balaban J connectivity index is 2.63. The minimum Gasteiger partial charge on any atom is -0.382 e. The van der Waals surface area contributed by atoms with Crippen LogP contribution in [0.1, 0.15) is 0 Å². The van der Waals surface area contributed by atoms with Crippen LogP contribution in [0.3, 0.4) is 0 Å². The Labute approximate surface area is 101 Å². The molecule has 0 fully saturated rings. The Morgan fingerprint density at radius 1 is 1.06 bits per heavy atom. The van der Waals surface area contributed by atoms with E-state index in [1.165, 1.54) is 0 Å². The van der Waals surface area contributed by atoms with Crippen molar-refractivity contribution in [1.82, 2.24) is 15.2 Å². The quantitative estimate of drug-likeness (QED) is 0.769. The summed E-state index contributed by atoms with van der Waals surface area (Å²) in [6.45, 7) is 0. The molecule has 0 saturated heterocycles. The summed E-state index contributed by atoms with van der Waals surface area (Å²) < 4.78 is 0. The zero-order chi connectivity index (χ0) is 11.7. The number of nitrogens with two attached hydrogens (primary N) is 2. The smallest absolute Gasteiger partial charge is 0.242 e. The summed E-state index contributed by atoms with van der Waals surface area (Å²) in [6.07, 6.45) is 0. The minimum absolute atomic E-state index is 0.0133. The molecule has 0 atom stereocenters. The first kappa shape index (κ1) is 10.9. The van der Waals surface area contributed by atoms with Crippen molar-refractivity contribution in [3.8, 4) is 11.3 Å². The number of rotatable bonds is 1. The maximum Gasteiger partial charge on any atom is 0.242 e. The summed E-state index contributed by atoms with van der Waals surface area (Å²) in [5, 5.41) is 8.24. The highest BCUT2D eigenvalue weighted by Gasteiger charge is 2.12. The van der Waals surface area contributed by atoms with Crippen LogP contribution in [0.25, 0.3) is 11.3 Å². The lowest BCUT2D eigenvalue weighted by molar-refractivity contribution is 1.000. The predicted molar refractivity (Wildman–Crippen MR) is 64.1 cm³/mol. The molecule has 0 aliphatic carbocycles. The number of nitrogens with zero attached hydrogens (tertiary/aromatic N) is 3. The number of hydrogen-bond donors (Lipinski definition) is 2. The van der Waals surface area contributed by atoms with E-state index in [0.29, 0.717) is 21.3 Å². The number of halogens is 2. The highest BCUT2D eigenvalue weighted by molar-refractivity contribution is 6.43. The topological polar surface area (TPSA) is 90.7 Å². The molecule has 0 spiro atoms. The first-order valence-electron chi connectivity index (χ1n) is 4.29. The first-order chi connectivity index (χ1) is 7.59.